The van der Waals surface area contributed by atoms with Crippen LogP contribution in [0.3, 0.4) is 0 Å². The van der Waals surface area contributed by atoms with Gasteiger partial charge in [-0.25, -0.2) is 9.97 Å². The van der Waals surface area contributed by atoms with E-state index in [9.17, 15) is 0 Å². The molecule has 3 heterocycles. The number of ether oxygens (including phenoxy) is 1. The third-order valence-corrected chi connectivity index (χ3v) is 8.27. The summed E-state index contributed by atoms with van der Waals surface area (Å²) in [4.78, 5) is 14.1. The first kappa shape index (κ1) is 24.2. The molecule has 0 radical (unpaired) electrons. The minimum atomic E-state index is 0.383. The number of para-hydroxylation sites is 1. The molecule has 2 aliphatic rings. The monoisotopic (exact) mass is 516 g/mol. The molecule has 0 spiro atoms. The molecular formula is C29H33ClN6O. The maximum absolute atomic E-state index is 6.81. The molecule has 2 N–H and O–H groups in total. The molecule has 2 fully saturated rings. The Labute approximate surface area is 222 Å². The van der Waals surface area contributed by atoms with Crippen LogP contribution < -0.4 is 10.5 Å². The second kappa shape index (κ2) is 10.3. The van der Waals surface area contributed by atoms with Gasteiger partial charge in [0.15, 0.2) is 0 Å². The standard InChI is InChI=1S/C29H33ClN6O/c1-34-13-15-35(16-14-34)20-7-9-21(10-8-20)36-18-25(27-28(31)32-19-33-29(27)36)24-12-11-23(17-26(24)30)37-22-5-3-2-4-6-22/h2-6,11-12,17-21H,7-10,13-16H2,1H3,(H2,31,32,33). The quantitative estimate of drug-likeness (QED) is 0.358. The lowest BCUT2D eigenvalue weighted by atomic mass is 9.89. The lowest BCUT2D eigenvalue weighted by molar-refractivity contribution is 0.0828. The summed E-state index contributed by atoms with van der Waals surface area (Å²) in [6.45, 7) is 4.68. The van der Waals surface area contributed by atoms with Gasteiger partial charge in [-0.3, -0.25) is 4.90 Å². The molecule has 192 valence electrons. The van der Waals surface area contributed by atoms with Gasteiger partial charge in [0.1, 0.15) is 29.3 Å². The zero-order chi connectivity index (χ0) is 25.4. The molecule has 1 saturated heterocycles. The number of likely N-dealkylation sites (N-methyl/N-ethyl adjacent to an activating group) is 1. The van der Waals surface area contributed by atoms with Crippen LogP contribution in [0.15, 0.2) is 61.1 Å². The summed E-state index contributed by atoms with van der Waals surface area (Å²) in [5.74, 6) is 1.94. The molecule has 0 unspecified atom stereocenters. The number of hydrogen-bond donors (Lipinski definition) is 1. The van der Waals surface area contributed by atoms with Crippen molar-refractivity contribution in [1.29, 1.82) is 0 Å². The average Bonchev–Trinajstić information content (AvgIpc) is 3.31. The number of hydrogen-bond acceptors (Lipinski definition) is 6. The summed E-state index contributed by atoms with van der Waals surface area (Å²) in [5.41, 5.74) is 9.15. The molecule has 2 aromatic heterocycles. The first-order chi connectivity index (χ1) is 18.1. The van der Waals surface area contributed by atoms with E-state index in [0.717, 1.165) is 53.8 Å². The number of nitrogens with two attached hydrogens (primary N) is 1. The fraction of sp³-hybridized carbons (Fsp3) is 0.379. The lowest BCUT2D eigenvalue weighted by Crippen LogP contribution is -2.49. The smallest absolute Gasteiger partial charge is 0.146 e. The van der Waals surface area contributed by atoms with Gasteiger partial charge < -0.3 is 19.9 Å². The summed E-state index contributed by atoms with van der Waals surface area (Å²) in [6, 6.07) is 16.6. The lowest BCUT2D eigenvalue weighted by Gasteiger charge is -2.41. The SMILES string of the molecule is CN1CCN(C2CCC(n3cc(-c4ccc(Oc5ccccc5)cc4Cl)c4c(N)ncnc43)CC2)CC1. The van der Waals surface area contributed by atoms with E-state index in [4.69, 9.17) is 22.1 Å². The minimum absolute atomic E-state index is 0.383. The van der Waals surface area contributed by atoms with Crippen molar-refractivity contribution >= 4 is 28.5 Å². The Morgan fingerprint density at radius 3 is 2.32 bits per heavy atom. The highest BCUT2D eigenvalue weighted by molar-refractivity contribution is 6.34. The molecule has 0 amide bonds. The summed E-state index contributed by atoms with van der Waals surface area (Å²) < 4.78 is 8.29. The van der Waals surface area contributed by atoms with E-state index in [1.54, 1.807) is 6.33 Å². The molecule has 0 bridgehead atoms. The number of anilines is 1. The zero-order valence-corrected chi connectivity index (χ0v) is 21.9. The van der Waals surface area contributed by atoms with Crippen LogP contribution >= 0.6 is 11.6 Å². The first-order valence-corrected chi connectivity index (χ1v) is 13.5. The van der Waals surface area contributed by atoms with E-state index in [-0.39, 0.29) is 0 Å². The molecule has 37 heavy (non-hydrogen) atoms. The van der Waals surface area contributed by atoms with Crippen molar-refractivity contribution in [2.24, 2.45) is 0 Å². The van der Waals surface area contributed by atoms with Gasteiger partial charge >= 0.3 is 0 Å². The Bertz CT molecular complexity index is 1370. The van der Waals surface area contributed by atoms with E-state index in [0.29, 0.717) is 28.7 Å². The van der Waals surface area contributed by atoms with Crippen LogP contribution in [0.2, 0.25) is 5.02 Å². The molecule has 8 heteroatoms. The maximum atomic E-state index is 6.81. The summed E-state index contributed by atoms with van der Waals surface area (Å²) >= 11 is 6.81. The summed E-state index contributed by atoms with van der Waals surface area (Å²) in [6.07, 6.45) is 8.40. The highest BCUT2D eigenvalue weighted by Gasteiger charge is 2.30. The number of nitrogens with zero attached hydrogens (tertiary/aromatic N) is 5. The zero-order valence-electron chi connectivity index (χ0n) is 21.2. The van der Waals surface area contributed by atoms with E-state index in [2.05, 4.69) is 37.6 Å². The molecule has 7 nitrogen and oxygen atoms in total. The van der Waals surface area contributed by atoms with Gasteiger partial charge in [-0.2, -0.15) is 0 Å². The van der Waals surface area contributed by atoms with Gasteiger partial charge in [0.05, 0.1) is 10.4 Å². The first-order valence-electron chi connectivity index (χ1n) is 13.1. The molecule has 1 aliphatic carbocycles. The number of fused-ring (bicyclic) bond motifs is 1. The third-order valence-electron chi connectivity index (χ3n) is 7.96. The Morgan fingerprint density at radius 2 is 1.59 bits per heavy atom. The number of halogens is 1. The van der Waals surface area contributed by atoms with Crippen molar-refractivity contribution in [3.8, 4) is 22.6 Å². The van der Waals surface area contributed by atoms with E-state index in [1.165, 1.54) is 25.9 Å². The van der Waals surface area contributed by atoms with Crippen LogP contribution in [0, 0.1) is 0 Å². The van der Waals surface area contributed by atoms with Crippen molar-refractivity contribution in [2.75, 3.05) is 39.0 Å². The van der Waals surface area contributed by atoms with Gasteiger partial charge in [0.2, 0.25) is 0 Å². The third kappa shape index (κ3) is 4.91. The summed E-state index contributed by atoms with van der Waals surface area (Å²) in [7, 11) is 2.21. The number of aromatic nitrogens is 3. The Hall–Kier alpha value is -3.13. The fourth-order valence-corrected chi connectivity index (χ4v) is 6.15. The normalized spacial score (nSPS) is 21.4. The molecule has 4 aromatic rings. The number of nitrogen functional groups attached to an aromatic ring is 1. The molecule has 0 atom stereocenters. The van der Waals surface area contributed by atoms with Crippen molar-refractivity contribution in [3.05, 3.63) is 66.1 Å². The maximum Gasteiger partial charge on any atom is 0.146 e. The Kier molecular flexibility index (Phi) is 6.76. The average molecular weight is 517 g/mol. The van der Waals surface area contributed by atoms with Crippen LogP contribution in [0.5, 0.6) is 11.5 Å². The Morgan fingerprint density at radius 1 is 0.865 bits per heavy atom. The van der Waals surface area contributed by atoms with Gasteiger partial charge in [-0.15, -0.1) is 0 Å². The van der Waals surface area contributed by atoms with E-state index >= 15 is 0 Å². The predicted molar refractivity (Wildman–Crippen MR) is 149 cm³/mol. The topological polar surface area (TPSA) is 72.4 Å². The molecule has 1 aliphatic heterocycles. The molecule has 2 aromatic carbocycles. The van der Waals surface area contributed by atoms with Gasteiger partial charge in [0.25, 0.3) is 0 Å². The van der Waals surface area contributed by atoms with Crippen LogP contribution in [0.25, 0.3) is 22.2 Å². The second-order valence-corrected chi connectivity index (χ2v) is 10.7. The largest absolute Gasteiger partial charge is 0.457 e. The fourth-order valence-electron chi connectivity index (χ4n) is 5.88. The predicted octanol–water partition coefficient (Wildman–Crippen LogP) is 5.86. The van der Waals surface area contributed by atoms with Gasteiger partial charge in [0, 0.05) is 61.7 Å². The van der Waals surface area contributed by atoms with Crippen LogP contribution in [-0.4, -0.2) is 63.6 Å². The van der Waals surface area contributed by atoms with Crippen molar-refractivity contribution in [2.45, 2.75) is 37.8 Å². The summed E-state index contributed by atoms with van der Waals surface area (Å²) in [5, 5.41) is 1.47. The van der Waals surface area contributed by atoms with Crippen molar-refractivity contribution in [3.63, 3.8) is 0 Å². The highest BCUT2D eigenvalue weighted by Crippen LogP contribution is 2.42. The number of rotatable bonds is 5. The van der Waals surface area contributed by atoms with Crippen LogP contribution in [0.1, 0.15) is 31.7 Å². The van der Waals surface area contributed by atoms with Gasteiger partial charge in [-0.05, 0) is 57.0 Å². The van der Waals surface area contributed by atoms with Gasteiger partial charge in [-0.1, -0.05) is 29.8 Å². The Balaban J connectivity index is 1.27. The minimum Gasteiger partial charge on any atom is -0.457 e. The molecule has 1 saturated carbocycles. The number of benzene rings is 2. The van der Waals surface area contributed by atoms with Crippen LogP contribution in [-0.2, 0) is 0 Å². The second-order valence-electron chi connectivity index (χ2n) is 10.3. The molecule has 6 rings (SSSR count). The molecular weight excluding hydrogens is 484 g/mol. The van der Waals surface area contributed by atoms with Crippen LogP contribution in [0.4, 0.5) is 5.82 Å². The van der Waals surface area contributed by atoms with Crippen molar-refractivity contribution in [1.82, 2.24) is 24.3 Å². The van der Waals surface area contributed by atoms with E-state index in [1.807, 2.05) is 48.5 Å². The van der Waals surface area contributed by atoms with Crippen molar-refractivity contribution < 1.29 is 4.74 Å². The van der Waals surface area contributed by atoms with E-state index < -0.39 is 0 Å². The highest BCUT2D eigenvalue weighted by atomic mass is 35.5. The number of piperazine rings is 1.